The van der Waals surface area contributed by atoms with Crippen LogP contribution in [0.5, 0.6) is 0 Å². The Morgan fingerprint density at radius 2 is 2.05 bits per heavy atom. The van der Waals surface area contributed by atoms with Gasteiger partial charge in [0.1, 0.15) is 0 Å². The summed E-state index contributed by atoms with van der Waals surface area (Å²) in [4.78, 5) is 24.5. The Bertz CT molecular complexity index is 530. The number of carboxylic acid groups (broad SMARTS) is 1. The van der Waals surface area contributed by atoms with Crippen molar-refractivity contribution in [3.63, 3.8) is 0 Å². The maximum absolute atomic E-state index is 11.9. The van der Waals surface area contributed by atoms with Gasteiger partial charge in [0, 0.05) is 18.6 Å². The third-order valence-corrected chi connectivity index (χ3v) is 6.17. The molecule has 1 saturated carbocycles. The summed E-state index contributed by atoms with van der Waals surface area (Å²) in [6, 6.07) is 0.174. The summed E-state index contributed by atoms with van der Waals surface area (Å²) in [5.74, 6) is -1.02. The van der Waals surface area contributed by atoms with E-state index in [-0.39, 0.29) is 36.8 Å². The first-order valence-electron chi connectivity index (χ1n) is 7.55. The summed E-state index contributed by atoms with van der Waals surface area (Å²) in [5.41, 5.74) is 0. The SMILES string of the molecule is CCN(CC(=O)O)C1CC(NC(=O)CN2CCCS2(=O)=O)C1. The van der Waals surface area contributed by atoms with Crippen LogP contribution in [-0.2, 0) is 19.6 Å². The molecule has 2 N–H and O–H groups in total. The smallest absolute Gasteiger partial charge is 0.317 e. The number of carbonyl (C=O) groups excluding carboxylic acids is 1. The first kappa shape index (κ1) is 17.2. The highest BCUT2D eigenvalue weighted by Crippen LogP contribution is 2.25. The number of nitrogens with zero attached hydrogens (tertiary/aromatic N) is 2. The monoisotopic (exact) mass is 333 g/mol. The maximum Gasteiger partial charge on any atom is 0.317 e. The number of amides is 1. The van der Waals surface area contributed by atoms with Crippen molar-refractivity contribution in [2.45, 2.75) is 38.3 Å². The highest BCUT2D eigenvalue weighted by molar-refractivity contribution is 7.89. The largest absolute Gasteiger partial charge is 0.480 e. The van der Waals surface area contributed by atoms with Gasteiger partial charge in [0.05, 0.1) is 18.8 Å². The minimum absolute atomic E-state index is 0.00523. The van der Waals surface area contributed by atoms with E-state index in [9.17, 15) is 18.0 Å². The number of aliphatic carboxylic acids is 1. The van der Waals surface area contributed by atoms with E-state index in [2.05, 4.69) is 5.32 Å². The van der Waals surface area contributed by atoms with E-state index in [0.717, 1.165) is 0 Å². The lowest BCUT2D eigenvalue weighted by atomic mass is 9.85. The van der Waals surface area contributed by atoms with Gasteiger partial charge < -0.3 is 10.4 Å². The second-order valence-corrected chi connectivity index (χ2v) is 7.94. The van der Waals surface area contributed by atoms with Gasteiger partial charge in [0.2, 0.25) is 15.9 Å². The molecular formula is C13H23N3O5S. The number of carbonyl (C=O) groups is 2. The van der Waals surface area contributed by atoms with Gasteiger partial charge in [0.25, 0.3) is 0 Å². The average molecular weight is 333 g/mol. The maximum atomic E-state index is 11.9. The first-order chi connectivity index (χ1) is 10.3. The van der Waals surface area contributed by atoms with Gasteiger partial charge in [-0.15, -0.1) is 0 Å². The fraction of sp³-hybridized carbons (Fsp3) is 0.846. The van der Waals surface area contributed by atoms with Crippen molar-refractivity contribution in [1.82, 2.24) is 14.5 Å². The standard InChI is InChI=1S/C13H23N3O5S/c1-2-15(9-13(18)19)11-6-10(7-11)14-12(17)8-16-4-3-5-22(16,20)21/h10-11H,2-9H2,1H3,(H,14,17)(H,18,19). The van der Waals surface area contributed by atoms with E-state index < -0.39 is 16.0 Å². The van der Waals surface area contributed by atoms with Gasteiger partial charge >= 0.3 is 5.97 Å². The van der Waals surface area contributed by atoms with Crippen LogP contribution in [0, 0.1) is 0 Å². The molecule has 0 aromatic heterocycles. The van der Waals surface area contributed by atoms with Crippen LogP contribution in [0.1, 0.15) is 26.2 Å². The number of rotatable bonds is 7. The minimum Gasteiger partial charge on any atom is -0.480 e. The Labute approximate surface area is 130 Å². The van der Waals surface area contributed by atoms with E-state index in [1.54, 1.807) is 0 Å². The average Bonchev–Trinajstić information content (AvgIpc) is 2.70. The van der Waals surface area contributed by atoms with Crippen LogP contribution in [0.3, 0.4) is 0 Å². The molecule has 1 heterocycles. The Morgan fingerprint density at radius 1 is 1.36 bits per heavy atom. The van der Waals surface area contributed by atoms with Crippen molar-refractivity contribution in [1.29, 1.82) is 0 Å². The molecule has 2 aliphatic rings. The lowest BCUT2D eigenvalue weighted by molar-refractivity contribution is -0.139. The van der Waals surface area contributed by atoms with E-state index in [1.807, 2.05) is 11.8 Å². The van der Waals surface area contributed by atoms with Crippen molar-refractivity contribution >= 4 is 21.9 Å². The van der Waals surface area contributed by atoms with Crippen LogP contribution in [0.2, 0.25) is 0 Å². The normalized spacial score (nSPS) is 27.5. The first-order valence-corrected chi connectivity index (χ1v) is 9.15. The molecule has 0 spiro atoms. The summed E-state index contributed by atoms with van der Waals surface area (Å²) in [7, 11) is -3.25. The number of nitrogens with one attached hydrogen (secondary N) is 1. The highest BCUT2D eigenvalue weighted by atomic mass is 32.2. The topological polar surface area (TPSA) is 107 Å². The number of likely N-dealkylation sites (N-methyl/N-ethyl adjacent to an activating group) is 1. The summed E-state index contributed by atoms with van der Waals surface area (Å²) in [6.45, 7) is 2.87. The zero-order valence-electron chi connectivity index (χ0n) is 12.7. The van der Waals surface area contributed by atoms with Gasteiger partial charge in [-0.1, -0.05) is 6.92 Å². The molecule has 8 nitrogen and oxygen atoms in total. The highest BCUT2D eigenvalue weighted by Gasteiger charge is 2.36. The summed E-state index contributed by atoms with van der Waals surface area (Å²) >= 11 is 0. The van der Waals surface area contributed by atoms with Crippen LogP contribution >= 0.6 is 0 Å². The van der Waals surface area contributed by atoms with Gasteiger partial charge in [-0.25, -0.2) is 8.42 Å². The van der Waals surface area contributed by atoms with Crippen LogP contribution in [0.25, 0.3) is 0 Å². The molecule has 0 unspecified atom stereocenters. The Balaban J connectivity index is 1.73. The zero-order valence-corrected chi connectivity index (χ0v) is 13.5. The Kier molecular flexibility index (Phi) is 5.41. The summed E-state index contributed by atoms with van der Waals surface area (Å²) in [6.07, 6.45) is 1.99. The van der Waals surface area contributed by atoms with Gasteiger partial charge in [-0.3, -0.25) is 14.5 Å². The predicted octanol–water partition coefficient (Wildman–Crippen LogP) is -0.924. The summed E-state index contributed by atoms with van der Waals surface area (Å²) in [5, 5.41) is 11.7. The molecule has 1 amide bonds. The third-order valence-electron chi connectivity index (χ3n) is 4.26. The van der Waals surface area contributed by atoms with E-state index in [4.69, 9.17) is 5.11 Å². The van der Waals surface area contributed by atoms with Crippen molar-refractivity contribution in [2.75, 3.05) is 31.9 Å². The Morgan fingerprint density at radius 3 is 2.55 bits per heavy atom. The van der Waals surface area contributed by atoms with Crippen LogP contribution in [0.4, 0.5) is 0 Å². The molecule has 1 saturated heterocycles. The molecule has 1 aliphatic heterocycles. The van der Waals surface area contributed by atoms with Crippen molar-refractivity contribution < 1.29 is 23.1 Å². The lowest BCUT2D eigenvalue weighted by Crippen LogP contribution is -2.56. The molecule has 126 valence electrons. The predicted molar refractivity (Wildman–Crippen MR) is 79.8 cm³/mol. The summed E-state index contributed by atoms with van der Waals surface area (Å²) < 4.78 is 24.5. The fourth-order valence-corrected chi connectivity index (χ4v) is 4.45. The molecular weight excluding hydrogens is 310 g/mol. The third kappa shape index (κ3) is 4.17. The van der Waals surface area contributed by atoms with Crippen LogP contribution in [0.15, 0.2) is 0 Å². The molecule has 0 bridgehead atoms. The molecule has 22 heavy (non-hydrogen) atoms. The number of sulfonamides is 1. The van der Waals surface area contributed by atoms with Crippen LogP contribution < -0.4 is 5.32 Å². The van der Waals surface area contributed by atoms with E-state index >= 15 is 0 Å². The zero-order chi connectivity index (χ0) is 16.3. The fourth-order valence-electron chi connectivity index (χ4n) is 2.98. The van der Waals surface area contributed by atoms with E-state index in [0.29, 0.717) is 32.4 Å². The molecule has 0 atom stereocenters. The van der Waals surface area contributed by atoms with Gasteiger partial charge in [-0.2, -0.15) is 4.31 Å². The molecule has 2 fully saturated rings. The minimum atomic E-state index is -3.25. The van der Waals surface area contributed by atoms with Gasteiger partial charge in [-0.05, 0) is 25.8 Å². The number of carboxylic acids is 1. The number of hydrogen-bond acceptors (Lipinski definition) is 5. The quantitative estimate of drug-likeness (QED) is 0.624. The number of hydrogen-bond donors (Lipinski definition) is 2. The van der Waals surface area contributed by atoms with Crippen molar-refractivity contribution in [3.8, 4) is 0 Å². The molecule has 9 heteroatoms. The van der Waals surface area contributed by atoms with E-state index in [1.165, 1.54) is 4.31 Å². The molecule has 0 aromatic carbocycles. The molecule has 0 radical (unpaired) electrons. The molecule has 2 rings (SSSR count). The van der Waals surface area contributed by atoms with Gasteiger partial charge in [0.15, 0.2) is 0 Å². The molecule has 0 aromatic rings. The Hall–Kier alpha value is -1.19. The second-order valence-electron chi connectivity index (χ2n) is 5.85. The lowest BCUT2D eigenvalue weighted by Gasteiger charge is -2.42. The van der Waals surface area contributed by atoms with Crippen molar-refractivity contribution in [2.24, 2.45) is 0 Å². The molecule has 1 aliphatic carbocycles. The second kappa shape index (κ2) is 6.93. The van der Waals surface area contributed by atoms with Crippen LogP contribution in [-0.4, -0.2) is 78.6 Å². The van der Waals surface area contributed by atoms with Crippen molar-refractivity contribution in [3.05, 3.63) is 0 Å².